The summed E-state index contributed by atoms with van der Waals surface area (Å²) in [5, 5.41) is 9.22. The van der Waals surface area contributed by atoms with E-state index in [0.29, 0.717) is 6.42 Å². The first kappa shape index (κ1) is 19.7. The van der Waals surface area contributed by atoms with Gasteiger partial charge in [-0.05, 0) is 35.2 Å². The van der Waals surface area contributed by atoms with E-state index in [-0.39, 0.29) is 6.04 Å². The molecule has 0 saturated heterocycles. The molecule has 0 bridgehead atoms. The van der Waals surface area contributed by atoms with Crippen LogP contribution >= 0.6 is 0 Å². The zero-order valence-electron chi connectivity index (χ0n) is 16.3. The second kappa shape index (κ2) is 10.3. The largest absolute Gasteiger partial charge is 0.497 e. The summed E-state index contributed by atoms with van der Waals surface area (Å²) in [5.74, 6) is 0.848. The Balaban J connectivity index is 1.92. The predicted octanol–water partition coefficient (Wildman–Crippen LogP) is 5.74. The van der Waals surface area contributed by atoms with Gasteiger partial charge in [-0.3, -0.25) is 4.90 Å². The number of nitriles is 1. The van der Waals surface area contributed by atoms with Crippen molar-refractivity contribution in [3.63, 3.8) is 0 Å². The molecule has 3 aromatic rings. The number of benzene rings is 3. The Kier molecular flexibility index (Phi) is 7.23. The molecule has 0 saturated carbocycles. The lowest BCUT2D eigenvalue weighted by Gasteiger charge is -2.32. The summed E-state index contributed by atoms with van der Waals surface area (Å²) in [6.45, 7) is 1.66. The third kappa shape index (κ3) is 5.45. The van der Waals surface area contributed by atoms with Crippen molar-refractivity contribution in [3.8, 4) is 11.8 Å². The maximum absolute atomic E-state index is 9.22. The molecule has 0 aliphatic rings. The molecule has 0 fully saturated rings. The van der Waals surface area contributed by atoms with Crippen molar-refractivity contribution >= 4 is 0 Å². The summed E-state index contributed by atoms with van der Waals surface area (Å²) in [6, 6.07) is 31.7. The van der Waals surface area contributed by atoms with Crippen LogP contribution in [0.1, 0.15) is 35.6 Å². The number of methoxy groups -OCH3 is 1. The Bertz CT molecular complexity index is 828. The minimum atomic E-state index is 0.158. The van der Waals surface area contributed by atoms with Crippen LogP contribution in [0.3, 0.4) is 0 Å². The van der Waals surface area contributed by atoms with Crippen LogP contribution in [0.2, 0.25) is 0 Å². The highest BCUT2D eigenvalue weighted by Crippen LogP contribution is 2.30. The summed E-state index contributed by atoms with van der Waals surface area (Å²) in [6.07, 6.45) is 1.32. The van der Waals surface area contributed by atoms with E-state index in [2.05, 4.69) is 71.6 Å². The van der Waals surface area contributed by atoms with Gasteiger partial charge in [0.05, 0.1) is 13.2 Å². The standard InChI is InChI=1S/C25H26N2O/c1-28-24-16-14-23(15-17-24)25(13-8-18-26)27(19-21-9-4-2-5-10-21)20-22-11-6-3-7-12-22/h2-7,9-12,14-17,25H,8,13,19-20H2,1H3. The quantitative estimate of drug-likeness (QED) is 0.482. The average Bonchev–Trinajstić information content (AvgIpc) is 2.76. The predicted molar refractivity (Wildman–Crippen MR) is 113 cm³/mol. The fourth-order valence-corrected chi connectivity index (χ4v) is 3.50. The minimum Gasteiger partial charge on any atom is -0.497 e. The monoisotopic (exact) mass is 370 g/mol. The second-order valence-corrected chi connectivity index (χ2v) is 6.86. The molecule has 0 aromatic heterocycles. The lowest BCUT2D eigenvalue weighted by molar-refractivity contribution is 0.170. The molecular weight excluding hydrogens is 344 g/mol. The van der Waals surface area contributed by atoms with Crippen LogP contribution < -0.4 is 4.74 Å². The average molecular weight is 370 g/mol. The highest BCUT2D eigenvalue weighted by atomic mass is 16.5. The van der Waals surface area contributed by atoms with E-state index in [9.17, 15) is 5.26 Å². The van der Waals surface area contributed by atoms with E-state index in [0.717, 1.165) is 25.3 Å². The van der Waals surface area contributed by atoms with Crippen LogP contribution in [0, 0.1) is 11.3 Å². The van der Waals surface area contributed by atoms with Crippen molar-refractivity contribution < 1.29 is 4.74 Å². The smallest absolute Gasteiger partial charge is 0.118 e. The minimum absolute atomic E-state index is 0.158. The zero-order valence-corrected chi connectivity index (χ0v) is 16.3. The SMILES string of the molecule is COc1ccc(C(CCC#N)N(Cc2ccccc2)Cc2ccccc2)cc1. The highest BCUT2D eigenvalue weighted by Gasteiger charge is 2.21. The molecular formula is C25H26N2O. The normalized spacial score (nSPS) is 11.8. The lowest BCUT2D eigenvalue weighted by atomic mass is 9.98. The van der Waals surface area contributed by atoms with E-state index in [4.69, 9.17) is 4.74 Å². The van der Waals surface area contributed by atoms with Crippen molar-refractivity contribution in [1.82, 2.24) is 4.90 Å². The van der Waals surface area contributed by atoms with Gasteiger partial charge in [0.15, 0.2) is 0 Å². The molecule has 1 atom stereocenters. The van der Waals surface area contributed by atoms with Crippen LogP contribution in [0.25, 0.3) is 0 Å². The summed E-state index contributed by atoms with van der Waals surface area (Å²) in [7, 11) is 1.68. The van der Waals surface area contributed by atoms with Crippen LogP contribution in [0.5, 0.6) is 5.75 Å². The summed E-state index contributed by atoms with van der Waals surface area (Å²) < 4.78 is 5.32. The third-order valence-electron chi connectivity index (χ3n) is 4.93. The van der Waals surface area contributed by atoms with Gasteiger partial charge < -0.3 is 4.74 Å². The fourth-order valence-electron chi connectivity index (χ4n) is 3.50. The zero-order chi connectivity index (χ0) is 19.6. The van der Waals surface area contributed by atoms with Gasteiger partial charge in [0.2, 0.25) is 0 Å². The van der Waals surface area contributed by atoms with Gasteiger partial charge >= 0.3 is 0 Å². The van der Waals surface area contributed by atoms with Gasteiger partial charge in [-0.2, -0.15) is 5.26 Å². The Labute approximate surface area is 167 Å². The molecule has 3 rings (SSSR count). The molecule has 3 nitrogen and oxygen atoms in total. The maximum Gasteiger partial charge on any atom is 0.118 e. The highest BCUT2D eigenvalue weighted by molar-refractivity contribution is 5.30. The maximum atomic E-state index is 9.22. The van der Waals surface area contributed by atoms with Crippen LogP contribution in [0.4, 0.5) is 0 Å². The topological polar surface area (TPSA) is 36.3 Å². The van der Waals surface area contributed by atoms with E-state index in [1.165, 1.54) is 16.7 Å². The molecule has 0 N–H and O–H groups in total. The van der Waals surface area contributed by atoms with Crippen LogP contribution in [-0.2, 0) is 13.1 Å². The summed E-state index contributed by atoms with van der Waals surface area (Å²) in [5.41, 5.74) is 3.76. The molecule has 0 heterocycles. The summed E-state index contributed by atoms with van der Waals surface area (Å²) in [4.78, 5) is 2.46. The van der Waals surface area contributed by atoms with Crippen molar-refractivity contribution in [2.45, 2.75) is 32.0 Å². The van der Waals surface area contributed by atoms with E-state index >= 15 is 0 Å². The number of ether oxygens (including phenoxy) is 1. The molecule has 0 radical (unpaired) electrons. The van der Waals surface area contributed by atoms with Crippen LogP contribution in [-0.4, -0.2) is 12.0 Å². The molecule has 0 spiro atoms. The van der Waals surface area contributed by atoms with Crippen molar-refractivity contribution in [2.75, 3.05) is 7.11 Å². The lowest BCUT2D eigenvalue weighted by Crippen LogP contribution is -2.28. The number of rotatable bonds is 9. The summed E-state index contributed by atoms with van der Waals surface area (Å²) >= 11 is 0. The number of nitrogens with zero attached hydrogens (tertiary/aromatic N) is 2. The molecule has 0 aliphatic heterocycles. The van der Waals surface area contributed by atoms with E-state index < -0.39 is 0 Å². The van der Waals surface area contributed by atoms with Crippen molar-refractivity contribution in [2.24, 2.45) is 0 Å². The van der Waals surface area contributed by atoms with Crippen molar-refractivity contribution in [3.05, 3.63) is 102 Å². The molecule has 0 aliphatic carbocycles. The van der Waals surface area contributed by atoms with Gasteiger partial charge in [0.25, 0.3) is 0 Å². The Morgan fingerprint density at radius 1 is 0.821 bits per heavy atom. The molecule has 0 amide bonds. The number of hydrogen-bond acceptors (Lipinski definition) is 3. The molecule has 1 unspecified atom stereocenters. The van der Waals surface area contributed by atoms with Crippen molar-refractivity contribution in [1.29, 1.82) is 5.26 Å². The molecule has 3 aromatic carbocycles. The molecule has 28 heavy (non-hydrogen) atoms. The Morgan fingerprint density at radius 2 is 1.36 bits per heavy atom. The Hall–Kier alpha value is -3.09. The van der Waals surface area contributed by atoms with E-state index in [1.807, 2.05) is 24.3 Å². The fraction of sp³-hybridized carbons (Fsp3) is 0.240. The molecule has 3 heteroatoms. The number of hydrogen-bond donors (Lipinski definition) is 0. The van der Waals surface area contributed by atoms with Crippen LogP contribution in [0.15, 0.2) is 84.9 Å². The third-order valence-corrected chi connectivity index (χ3v) is 4.93. The molecule has 142 valence electrons. The van der Waals surface area contributed by atoms with E-state index in [1.54, 1.807) is 7.11 Å². The first-order chi connectivity index (χ1) is 13.8. The first-order valence-electron chi connectivity index (χ1n) is 9.63. The second-order valence-electron chi connectivity index (χ2n) is 6.86. The van der Waals surface area contributed by atoms with Gasteiger partial charge in [-0.25, -0.2) is 0 Å². The van der Waals surface area contributed by atoms with Gasteiger partial charge in [0.1, 0.15) is 5.75 Å². The van der Waals surface area contributed by atoms with Gasteiger partial charge in [0, 0.05) is 25.6 Å². The van der Waals surface area contributed by atoms with Gasteiger partial charge in [-0.15, -0.1) is 0 Å². The van der Waals surface area contributed by atoms with Gasteiger partial charge in [-0.1, -0.05) is 72.8 Å². The first-order valence-corrected chi connectivity index (χ1v) is 9.63. The Morgan fingerprint density at radius 3 is 1.82 bits per heavy atom.